The Bertz CT molecular complexity index is 763. The zero-order valence-electron chi connectivity index (χ0n) is 15.9. The standard InChI is InChI=1S/C19H28N2O5S/c1-3-4-12-27(24,25)21-14(2)19(23)26-13-18(22)20-17-11-7-9-15-8-5-6-10-16(15)17/h5-6,8,10,14,17,21H,3-4,7,9,11-13H2,1-2H3,(H,20,22)/t14-,17-/m0/s1. The van der Waals surface area contributed by atoms with Gasteiger partial charge in [-0.25, -0.2) is 13.1 Å². The van der Waals surface area contributed by atoms with E-state index in [1.54, 1.807) is 0 Å². The summed E-state index contributed by atoms with van der Waals surface area (Å²) in [5, 5.41) is 2.89. The van der Waals surface area contributed by atoms with Gasteiger partial charge in [-0.15, -0.1) is 0 Å². The van der Waals surface area contributed by atoms with Gasteiger partial charge in [0.15, 0.2) is 6.61 Å². The molecule has 0 heterocycles. The Morgan fingerprint density at radius 1 is 1.30 bits per heavy atom. The number of carbonyl (C=O) groups is 2. The van der Waals surface area contributed by atoms with Gasteiger partial charge < -0.3 is 10.1 Å². The number of sulfonamides is 1. The number of amides is 1. The predicted molar refractivity (Wildman–Crippen MR) is 103 cm³/mol. The lowest BCUT2D eigenvalue weighted by Gasteiger charge is -2.26. The van der Waals surface area contributed by atoms with Crippen LogP contribution in [-0.2, 0) is 30.8 Å². The largest absolute Gasteiger partial charge is 0.454 e. The molecular formula is C19H28N2O5S. The van der Waals surface area contributed by atoms with Crippen LogP contribution >= 0.6 is 0 Å². The highest BCUT2D eigenvalue weighted by molar-refractivity contribution is 7.89. The van der Waals surface area contributed by atoms with E-state index in [1.165, 1.54) is 12.5 Å². The molecule has 1 aliphatic carbocycles. The van der Waals surface area contributed by atoms with Gasteiger partial charge in [0.2, 0.25) is 10.0 Å². The molecule has 7 nitrogen and oxygen atoms in total. The Hall–Kier alpha value is -1.93. The number of hydrogen-bond donors (Lipinski definition) is 2. The predicted octanol–water partition coefficient (Wildman–Crippen LogP) is 1.83. The summed E-state index contributed by atoms with van der Waals surface area (Å²) in [6.07, 6.45) is 4.07. The number of unbranched alkanes of at least 4 members (excludes halogenated alkanes) is 1. The van der Waals surface area contributed by atoms with Gasteiger partial charge in [0.05, 0.1) is 11.8 Å². The van der Waals surface area contributed by atoms with Gasteiger partial charge in [-0.3, -0.25) is 9.59 Å². The Morgan fingerprint density at radius 2 is 2.04 bits per heavy atom. The summed E-state index contributed by atoms with van der Waals surface area (Å²) >= 11 is 0. The quantitative estimate of drug-likeness (QED) is 0.620. The summed E-state index contributed by atoms with van der Waals surface area (Å²) in [4.78, 5) is 24.1. The third-order valence-electron chi connectivity index (χ3n) is 4.53. The van der Waals surface area contributed by atoms with Crippen molar-refractivity contribution >= 4 is 21.9 Å². The minimum absolute atomic E-state index is 0.0390. The van der Waals surface area contributed by atoms with E-state index in [2.05, 4.69) is 16.1 Å². The van der Waals surface area contributed by atoms with Gasteiger partial charge in [0.25, 0.3) is 5.91 Å². The topological polar surface area (TPSA) is 102 Å². The zero-order chi connectivity index (χ0) is 19.9. The maximum absolute atomic E-state index is 12.1. The number of ether oxygens (including phenoxy) is 1. The van der Waals surface area contributed by atoms with Crippen molar-refractivity contribution in [2.45, 2.75) is 58.0 Å². The van der Waals surface area contributed by atoms with Crippen molar-refractivity contribution < 1.29 is 22.7 Å². The summed E-state index contributed by atoms with van der Waals surface area (Å²) in [5.74, 6) is -1.21. The number of rotatable bonds is 9. The van der Waals surface area contributed by atoms with Crippen molar-refractivity contribution in [1.29, 1.82) is 0 Å². The molecule has 1 aliphatic rings. The fourth-order valence-corrected chi connectivity index (χ4v) is 4.53. The molecule has 0 saturated carbocycles. The van der Waals surface area contributed by atoms with E-state index in [4.69, 9.17) is 4.74 Å². The highest BCUT2D eigenvalue weighted by Crippen LogP contribution is 2.29. The number of carbonyl (C=O) groups excluding carboxylic acids is 2. The second-order valence-corrected chi connectivity index (χ2v) is 8.70. The van der Waals surface area contributed by atoms with Crippen LogP contribution in [0.1, 0.15) is 56.7 Å². The molecule has 0 radical (unpaired) electrons. The summed E-state index contributed by atoms with van der Waals surface area (Å²) in [5.41, 5.74) is 2.32. The molecule has 2 N–H and O–H groups in total. The van der Waals surface area contributed by atoms with Crippen LogP contribution in [0.5, 0.6) is 0 Å². The summed E-state index contributed by atoms with van der Waals surface area (Å²) in [7, 11) is -3.53. The van der Waals surface area contributed by atoms with Crippen molar-refractivity contribution in [3.63, 3.8) is 0 Å². The first-order chi connectivity index (χ1) is 12.8. The van der Waals surface area contributed by atoms with Crippen LogP contribution < -0.4 is 10.0 Å². The lowest BCUT2D eigenvalue weighted by atomic mass is 9.88. The van der Waals surface area contributed by atoms with Crippen LogP contribution in [0.2, 0.25) is 0 Å². The molecule has 0 aromatic heterocycles. The lowest BCUT2D eigenvalue weighted by Crippen LogP contribution is -2.42. The maximum Gasteiger partial charge on any atom is 0.324 e. The molecule has 1 amide bonds. The first-order valence-electron chi connectivity index (χ1n) is 9.36. The van der Waals surface area contributed by atoms with Gasteiger partial charge in [-0.05, 0) is 43.7 Å². The Kier molecular flexibility index (Phi) is 7.79. The molecule has 2 rings (SSSR count). The van der Waals surface area contributed by atoms with Gasteiger partial charge in [0, 0.05) is 0 Å². The highest BCUT2D eigenvalue weighted by atomic mass is 32.2. The number of esters is 1. The molecule has 0 saturated heterocycles. The number of hydrogen-bond acceptors (Lipinski definition) is 5. The molecule has 1 aromatic carbocycles. The van der Waals surface area contributed by atoms with Crippen LogP contribution in [0.25, 0.3) is 0 Å². The zero-order valence-corrected chi connectivity index (χ0v) is 16.7. The number of fused-ring (bicyclic) bond motifs is 1. The molecule has 150 valence electrons. The molecule has 0 aliphatic heterocycles. The van der Waals surface area contributed by atoms with Crippen molar-refractivity contribution in [3.8, 4) is 0 Å². The highest BCUT2D eigenvalue weighted by Gasteiger charge is 2.24. The third-order valence-corrected chi connectivity index (χ3v) is 6.07. The van der Waals surface area contributed by atoms with Gasteiger partial charge in [-0.2, -0.15) is 0 Å². The second-order valence-electron chi connectivity index (χ2n) is 6.83. The van der Waals surface area contributed by atoms with E-state index in [9.17, 15) is 18.0 Å². The summed E-state index contributed by atoms with van der Waals surface area (Å²) < 4.78 is 30.9. The minimum Gasteiger partial charge on any atom is -0.454 e. The Morgan fingerprint density at radius 3 is 2.78 bits per heavy atom. The SMILES string of the molecule is CCCCS(=O)(=O)N[C@@H](C)C(=O)OCC(=O)N[C@H]1CCCc2ccccc21. The third kappa shape index (κ3) is 6.62. The lowest BCUT2D eigenvalue weighted by molar-refractivity contribution is -0.150. The van der Waals surface area contributed by atoms with Crippen LogP contribution in [0.15, 0.2) is 24.3 Å². The smallest absolute Gasteiger partial charge is 0.324 e. The first kappa shape index (κ1) is 21.4. The Labute approximate surface area is 160 Å². The van der Waals surface area contributed by atoms with Crippen molar-refractivity contribution in [3.05, 3.63) is 35.4 Å². The number of benzene rings is 1. The monoisotopic (exact) mass is 396 g/mol. The molecule has 8 heteroatoms. The second kappa shape index (κ2) is 9.85. The van der Waals surface area contributed by atoms with Crippen molar-refractivity contribution in [2.24, 2.45) is 0 Å². The molecular weight excluding hydrogens is 368 g/mol. The van der Waals surface area contributed by atoms with E-state index >= 15 is 0 Å². The maximum atomic E-state index is 12.1. The Balaban J connectivity index is 1.81. The normalized spacial score (nSPS) is 17.6. The molecule has 27 heavy (non-hydrogen) atoms. The molecule has 2 atom stereocenters. The van der Waals surface area contributed by atoms with Crippen LogP contribution in [0.4, 0.5) is 0 Å². The summed E-state index contributed by atoms with van der Waals surface area (Å²) in [6, 6.07) is 6.85. The van der Waals surface area contributed by atoms with Gasteiger partial charge >= 0.3 is 5.97 Å². The van der Waals surface area contributed by atoms with Crippen molar-refractivity contribution in [2.75, 3.05) is 12.4 Å². The molecule has 0 bridgehead atoms. The van der Waals surface area contributed by atoms with Gasteiger partial charge in [0.1, 0.15) is 6.04 Å². The van der Waals surface area contributed by atoms with E-state index in [1.807, 2.05) is 25.1 Å². The van der Waals surface area contributed by atoms with Crippen molar-refractivity contribution in [1.82, 2.24) is 10.0 Å². The average molecular weight is 397 g/mol. The molecule has 0 unspecified atom stereocenters. The number of aryl methyl sites for hydroxylation is 1. The van der Waals surface area contributed by atoms with Crippen LogP contribution in [-0.4, -0.2) is 38.7 Å². The summed E-state index contributed by atoms with van der Waals surface area (Å²) in [6.45, 7) is 2.86. The average Bonchev–Trinajstić information content (AvgIpc) is 2.64. The van der Waals surface area contributed by atoms with E-state index in [0.29, 0.717) is 6.42 Å². The molecule has 0 spiro atoms. The van der Waals surface area contributed by atoms with Crippen LogP contribution in [0.3, 0.4) is 0 Å². The number of nitrogens with one attached hydrogen (secondary N) is 2. The molecule has 0 fully saturated rings. The fraction of sp³-hybridized carbons (Fsp3) is 0.579. The molecule has 1 aromatic rings. The van der Waals surface area contributed by atoms with E-state index < -0.39 is 34.5 Å². The van der Waals surface area contributed by atoms with E-state index in [-0.39, 0.29) is 11.8 Å². The van der Waals surface area contributed by atoms with E-state index in [0.717, 1.165) is 31.2 Å². The van der Waals surface area contributed by atoms with Gasteiger partial charge in [-0.1, -0.05) is 37.6 Å². The fourth-order valence-electron chi connectivity index (χ4n) is 3.11. The van der Waals surface area contributed by atoms with Crippen LogP contribution in [0, 0.1) is 0 Å². The first-order valence-corrected chi connectivity index (χ1v) is 11.0. The minimum atomic E-state index is -3.53.